The summed E-state index contributed by atoms with van der Waals surface area (Å²) in [5.74, 6) is 0.0169. The number of halogens is 2. The molecule has 1 N–H and O–H groups in total. The SMILES string of the molecule is O=C(CN=Cc1cc(Br)ccc1O)c1ccc(Cl)cc1. The lowest BCUT2D eigenvalue weighted by molar-refractivity contribution is 0.100. The highest BCUT2D eigenvalue weighted by molar-refractivity contribution is 9.10. The van der Waals surface area contributed by atoms with Gasteiger partial charge in [0.2, 0.25) is 0 Å². The number of carbonyl (C=O) groups excluding carboxylic acids is 1. The monoisotopic (exact) mass is 351 g/mol. The Bertz CT molecular complexity index is 653. The summed E-state index contributed by atoms with van der Waals surface area (Å²) < 4.78 is 0.834. The second-order valence-corrected chi connectivity index (χ2v) is 5.46. The van der Waals surface area contributed by atoms with Gasteiger partial charge in [0.25, 0.3) is 0 Å². The van der Waals surface area contributed by atoms with Crippen LogP contribution in [0.4, 0.5) is 0 Å². The number of carbonyl (C=O) groups is 1. The van der Waals surface area contributed by atoms with Crippen LogP contribution in [0.15, 0.2) is 51.9 Å². The standard InChI is InChI=1S/C15H11BrClNO2/c16-12-3-6-14(19)11(7-12)8-18-9-15(20)10-1-4-13(17)5-2-10/h1-8,19H,9H2. The van der Waals surface area contributed by atoms with Crippen LogP contribution in [0.25, 0.3) is 0 Å². The van der Waals surface area contributed by atoms with E-state index in [1.807, 2.05) is 0 Å². The zero-order valence-corrected chi connectivity index (χ0v) is 12.7. The molecule has 0 amide bonds. The van der Waals surface area contributed by atoms with E-state index in [2.05, 4.69) is 20.9 Å². The van der Waals surface area contributed by atoms with Crippen LogP contribution in [-0.4, -0.2) is 23.6 Å². The normalized spacial score (nSPS) is 10.9. The predicted molar refractivity (Wildman–Crippen MR) is 84.1 cm³/mol. The van der Waals surface area contributed by atoms with E-state index in [1.165, 1.54) is 6.21 Å². The first-order valence-corrected chi connectivity index (χ1v) is 7.00. The topological polar surface area (TPSA) is 49.7 Å². The number of Topliss-reactive ketones (excluding diaryl/α,β-unsaturated/α-hetero) is 1. The molecule has 0 unspecified atom stereocenters. The van der Waals surface area contributed by atoms with Crippen LogP contribution in [-0.2, 0) is 0 Å². The van der Waals surface area contributed by atoms with Crippen molar-refractivity contribution in [3.8, 4) is 5.75 Å². The van der Waals surface area contributed by atoms with E-state index in [0.717, 1.165) is 4.47 Å². The van der Waals surface area contributed by atoms with Crippen molar-refractivity contribution in [3.63, 3.8) is 0 Å². The zero-order chi connectivity index (χ0) is 14.5. The maximum absolute atomic E-state index is 11.9. The molecular weight excluding hydrogens is 342 g/mol. The van der Waals surface area contributed by atoms with E-state index < -0.39 is 0 Å². The number of phenols is 1. The van der Waals surface area contributed by atoms with Crippen molar-refractivity contribution in [1.29, 1.82) is 0 Å². The molecule has 2 aromatic carbocycles. The Kier molecular flexibility index (Phi) is 4.93. The molecule has 20 heavy (non-hydrogen) atoms. The number of hydrogen-bond donors (Lipinski definition) is 1. The van der Waals surface area contributed by atoms with E-state index in [0.29, 0.717) is 16.1 Å². The largest absolute Gasteiger partial charge is 0.507 e. The van der Waals surface area contributed by atoms with Gasteiger partial charge in [-0.3, -0.25) is 9.79 Å². The Morgan fingerprint density at radius 3 is 2.65 bits per heavy atom. The smallest absolute Gasteiger partial charge is 0.184 e. The molecule has 102 valence electrons. The van der Waals surface area contributed by atoms with E-state index in [1.54, 1.807) is 42.5 Å². The predicted octanol–water partition coefficient (Wildman–Crippen LogP) is 4.11. The fourth-order valence-corrected chi connectivity index (χ4v) is 2.09. The number of nitrogens with zero attached hydrogens (tertiary/aromatic N) is 1. The van der Waals surface area contributed by atoms with Crippen molar-refractivity contribution in [2.45, 2.75) is 0 Å². The molecule has 0 saturated heterocycles. The quantitative estimate of drug-likeness (QED) is 0.665. The minimum Gasteiger partial charge on any atom is -0.507 e. The summed E-state index contributed by atoms with van der Waals surface area (Å²) in [6.45, 7) is 0.0214. The highest BCUT2D eigenvalue weighted by Gasteiger charge is 2.04. The molecule has 0 bridgehead atoms. The first kappa shape index (κ1) is 14.8. The maximum Gasteiger partial charge on any atom is 0.184 e. The molecule has 2 aromatic rings. The first-order valence-electron chi connectivity index (χ1n) is 5.83. The third-order valence-corrected chi connectivity index (χ3v) is 3.37. The summed E-state index contributed by atoms with van der Waals surface area (Å²) in [5.41, 5.74) is 1.12. The number of hydrogen-bond acceptors (Lipinski definition) is 3. The fraction of sp³-hybridized carbons (Fsp3) is 0.0667. The van der Waals surface area contributed by atoms with Gasteiger partial charge in [-0.15, -0.1) is 0 Å². The molecule has 0 fully saturated rings. The Labute approximate surface area is 130 Å². The van der Waals surface area contributed by atoms with Gasteiger partial charge in [-0.25, -0.2) is 0 Å². The molecule has 3 nitrogen and oxygen atoms in total. The van der Waals surface area contributed by atoms with Crippen LogP contribution in [0.2, 0.25) is 5.02 Å². The summed E-state index contributed by atoms with van der Waals surface area (Å²) in [7, 11) is 0. The third-order valence-electron chi connectivity index (χ3n) is 2.62. The maximum atomic E-state index is 11.9. The average molecular weight is 353 g/mol. The van der Waals surface area contributed by atoms with Crippen molar-refractivity contribution in [1.82, 2.24) is 0 Å². The number of rotatable bonds is 4. The molecule has 0 aliphatic rings. The van der Waals surface area contributed by atoms with Gasteiger partial charge in [0.05, 0.1) is 0 Å². The number of ketones is 1. The lowest BCUT2D eigenvalue weighted by Crippen LogP contribution is -2.03. The highest BCUT2D eigenvalue weighted by Crippen LogP contribution is 2.20. The van der Waals surface area contributed by atoms with Gasteiger partial charge in [-0.05, 0) is 42.5 Å². The minimum atomic E-state index is -0.104. The zero-order valence-electron chi connectivity index (χ0n) is 10.4. The highest BCUT2D eigenvalue weighted by atomic mass is 79.9. The summed E-state index contributed by atoms with van der Waals surface area (Å²) in [6.07, 6.45) is 1.48. The number of benzene rings is 2. The molecule has 0 spiro atoms. The van der Waals surface area contributed by atoms with Crippen LogP contribution in [0.3, 0.4) is 0 Å². The second-order valence-electron chi connectivity index (χ2n) is 4.10. The van der Waals surface area contributed by atoms with Crippen molar-refractivity contribution < 1.29 is 9.90 Å². The molecule has 0 atom stereocenters. The second kappa shape index (κ2) is 6.68. The summed E-state index contributed by atoms with van der Waals surface area (Å²) >= 11 is 9.07. The van der Waals surface area contributed by atoms with Gasteiger partial charge < -0.3 is 5.11 Å². The Morgan fingerprint density at radius 1 is 1.25 bits per heavy atom. The first-order chi connectivity index (χ1) is 9.56. The molecule has 5 heteroatoms. The number of aliphatic imine (C=N–C) groups is 1. The van der Waals surface area contributed by atoms with Crippen molar-refractivity contribution >= 4 is 39.5 Å². The fourth-order valence-electron chi connectivity index (χ4n) is 1.58. The average Bonchev–Trinajstić information content (AvgIpc) is 2.43. The van der Waals surface area contributed by atoms with Gasteiger partial charge in [0.15, 0.2) is 5.78 Å². The van der Waals surface area contributed by atoms with Crippen LogP contribution in [0.1, 0.15) is 15.9 Å². The van der Waals surface area contributed by atoms with Gasteiger partial charge in [-0.1, -0.05) is 27.5 Å². The molecule has 0 aromatic heterocycles. The third kappa shape index (κ3) is 3.92. The van der Waals surface area contributed by atoms with Gasteiger partial charge in [-0.2, -0.15) is 0 Å². The molecular formula is C15H11BrClNO2. The van der Waals surface area contributed by atoms with Crippen LogP contribution >= 0.6 is 27.5 Å². The van der Waals surface area contributed by atoms with Crippen molar-refractivity contribution in [2.75, 3.05) is 6.54 Å². The lowest BCUT2D eigenvalue weighted by Gasteiger charge is -2.00. The van der Waals surface area contributed by atoms with Gasteiger partial charge in [0, 0.05) is 26.8 Å². The summed E-state index contributed by atoms with van der Waals surface area (Å²) in [4.78, 5) is 15.9. The van der Waals surface area contributed by atoms with E-state index in [4.69, 9.17) is 11.6 Å². The van der Waals surface area contributed by atoms with Gasteiger partial charge >= 0.3 is 0 Å². The summed E-state index contributed by atoms with van der Waals surface area (Å²) in [5, 5.41) is 10.2. The van der Waals surface area contributed by atoms with E-state index >= 15 is 0 Å². The number of phenolic OH excluding ortho intramolecular Hbond substituents is 1. The van der Waals surface area contributed by atoms with Crippen molar-refractivity contribution in [2.24, 2.45) is 4.99 Å². The van der Waals surface area contributed by atoms with E-state index in [9.17, 15) is 9.90 Å². The number of aromatic hydroxyl groups is 1. The van der Waals surface area contributed by atoms with Crippen molar-refractivity contribution in [3.05, 3.63) is 63.1 Å². The minimum absolute atomic E-state index is 0.0214. The molecule has 0 radical (unpaired) electrons. The Balaban J connectivity index is 2.04. The molecule has 0 aliphatic carbocycles. The van der Waals surface area contributed by atoms with Crippen LogP contribution in [0.5, 0.6) is 5.75 Å². The van der Waals surface area contributed by atoms with Gasteiger partial charge in [0.1, 0.15) is 12.3 Å². The molecule has 0 saturated carbocycles. The van der Waals surface area contributed by atoms with Crippen LogP contribution in [0, 0.1) is 0 Å². The molecule has 2 rings (SSSR count). The molecule has 0 aliphatic heterocycles. The Morgan fingerprint density at radius 2 is 1.95 bits per heavy atom. The van der Waals surface area contributed by atoms with E-state index in [-0.39, 0.29) is 18.1 Å². The summed E-state index contributed by atoms with van der Waals surface area (Å²) in [6, 6.07) is 11.7. The van der Waals surface area contributed by atoms with Crippen LogP contribution < -0.4 is 0 Å². The Hall–Kier alpha value is -1.65. The molecule has 0 heterocycles. The lowest BCUT2D eigenvalue weighted by atomic mass is 10.1.